The number of hydrogen-bond acceptors (Lipinski definition) is 4. The quantitative estimate of drug-likeness (QED) is 0.614. The molecule has 0 bridgehead atoms. The summed E-state index contributed by atoms with van der Waals surface area (Å²) in [5.74, 6) is -1.86. The average molecular weight is 476 g/mol. The first kappa shape index (κ1) is 24.9. The number of carbonyl (C=O) groups is 2. The summed E-state index contributed by atoms with van der Waals surface area (Å²) in [7, 11) is -3.84. The van der Waals surface area contributed by atoms with Gasteiger partial charge in [-0.3, -0.25) is 9.59 Å². The largest absolute Gasteiger partial charge is 0.350 e. The molecule has 9 heteroatoms. The first-order valence-corrected chi connectivity index (χ1v) is 12.5. The highest BCUT2D eigenvalue weighted by Gasteiger charge is 2.35. The van der Waals surface area contributed by atoms with E-state index in [4.69, 9.17) is 0 Å². The van der Waals surface area contributed by atoms with Gasteiger partial charge in [-0.1, -0.05) is 44.2 Å². The number of amides is 2. The molecule has 1 aliphatic rings. The maximum Gasteiger partial charge on any atom is 0.243 e. The standard InChI is InChI=1S/C24H30FN3O4S/c1-17(2)22(24(30)26-15-18-7-4-3-5-8-18)27-23(29)19-9-6-14-28(16-19)33(31,32)21-12-10-20(25)11-13-21/h3-5,7-8,10-13,17,19,22H,6,9,14-16H2,1-2H3,(H,26,30)(H,27,29)/t19?,22-/m0/s1. The van der Waals surface area contributed by atoms with E-state index in [1.165, 1.54) is 16.4 Å². The number of piperidine rings is 1. The zero-order valence-corrected chi connectivity index (χ0v) is 19.6. The predicted molar refractivity (Wildman–Crippen MR) is 123 cm³/mol. The van der Waals surface area contributed by atoms with Crippen molar-refractivity contribution in [3.8, 4) is 0 Å². The van der Waals surface area contributed by atoms with E-state index in [1.807, 2.05) is 44.2 Å². The molecular formula is C24H30FN3O4S. The van der Waals surface area contributed by atoms with Crippen LogP contribution < -0.4 is 10.6 Å². The molecular weight excluding hydrogens is 445 g/mol. The normalized spacial score (nSPS) is 18.0. The number of hydrogen-bond donors (Lipinski definition) is 2. The summed E-state index contributed by atoms with van der Waals surface area (Å²) >= 11 is 0. The van der Waals surface area contributed by atoms with Gasteiger partial charge < -0.3 is 10.6 Å². The molecule has 0 saturated carbocycles. The van der Waals surface area contributed by atoms with E-state index in [2.05, 4.69) is 10.6 Å². The minimum atomic E-state index is -3.84. The van der Waals surface area contributed by atoms with Crippen LogP contribution in [-0.4, -0.2) is 43.7 Å². The lowest BCUT2D eigenvalue weighted by Gasteiger charge is -2.32. The van der Waals surface area contributed by atoms with Crippen molar-refractivity contribution in [3.63, 3.8) is 0 Å². The number of rotatable bonds is 8. The van der Waals surface area contributed by atoms with Crippen molar-refractivity contribution in [1.29, 1.82) is 0 Å². The van der Waals surface area contributed by atoms with Crippen molar-refractivity contribution in [1.82, 2.24) is 14.9 Å². The van der Waals surface area contributed by atoms with Crippen molar-refractivity contribution < 1.29 is 22.4 Å². The van der Waals surface area contributed by atoms with Crippen LogP contribution in [0.5, 0.6) is 0 Å². The molecule has 33 heavy (non-hydrogen) atoms. The number of sulfonamides is 1. The van der Waals surface area contributed by atoms with Crippen molar-refractivity contribution >= 4 is 21.8 Å². The van der Waals surface area contributed by atoms with Crippen LogP contribution in [0.2, 0.25) is 0 Å². The molecule has 3 rings (SSSR count). The molecule has 0 radical (unpaired) electrons. The summed E-state index contributed by atoms with van der Waals surface area (Å²) in [6, 6.07) is 13.4. The molecule has 178 valence electrons. The molecule has 1 saturated heterocycles. The lowest BCUT2D eigenvalue weighted by atomic mass is 9.96. The zero-order chi connectivity index (χ0) is 24.0. The number of carbonyl (C=O) groups excluding carboxylic acids is 2. The lowest BCUT2D eigenvalue weighted by Crippen LogP contribution is -2.53. The smallest absolute Gasteiger partial charge is 0.243 e. The number of benzene rings is 2. The van der Waals surface area contributed by atoms with Gasteiger partial charge in [0, 0.05) is 19.6 Å². The highest BCUT2D eigenvalue weighted by molar-refractivity contribution is 7.89. The summed E-state index contributed by atoms with van der Waals surface area (Å²) in [6.07, 6.45) is 1.04. The predicted octanol–water partition coefficient (Wildman–Crippen LogP) is 2.68. The van der Waals surface area contributed by atoms with E-state index in [0.717, 1.165) is 17.7 Å². The molecule has 2 aromatic carbocycles. The van der Waals surface area contributed by atoms with E-state index < -0.39 is 27.8 Å². The van der Waals surface area contributed by atoms with Gasteiger partial charge in [0.25, 0.3) is 0 Å². The van der Waals surface area contributed by atoms with Gasteiger partial charge in [-0.25, -0.2) is 12.8 Å². The first-order valence-electron chi connectivity index (χ1n) is 11.1. The average Bonchev–Trinajstić information content (AvgIpc) is 2.81. The Morgan fingerprint density at radius 1 is 1.09 bits per heavy atom. The zero-order valence-electron chi connectivity index (χ0n) is 18.8. The summed E-state index contributed by atoms with van der Waals surface area (Å²) in [4.78, 5) is 25.7. The van der Waals surface area contributed by atoms with E-state index >= 15 is 0 Å². The van der Waals surface area contributed by atoms with Crippen molar-refractivity contribution in [2.45, 2.75) is 44.2 Å². The van der Waals surface area contributed by atoms with E-state index in [-0.39, 0.29) is 35.7 Å². The maximum atomic E-state index is 13.2. The van der Waals surface area contributed by atoms with Gasteiger partial charge in [-0.15, -0.1) is 0 Å². The Hall–Kier alpha value is -2.78. The molecule has 1 heterocycles. The fourth-order valence-electron chi connectivity index (χ4n) is 3.83. The summed E-state index contributed by atoms with van der Waals surface area (Å²) in [5, 5.41) is 5.68. The molecule has 1 fully saturated rings. The van der Waals surface area contributed by atoms with Crippen LogP contribution in [0.25, 0.3) is 0 Å². The molecule has 0 aliphatic carbocycles. The Bertz CT molecular complexity index is 1060. The topological polar surface area (TPSA) is 95.6 Å². The molecule has 1 aliphatic heterocycles. The highest BCUT2D eigenvalue weighted by Crippen LogP contribution is 2.24. The van der Waals surface area contributed by atoms with Gasteiger partial charge in [-0.05, 0) is 48.6 Å². The minimum absolute atomic E-state index is 0.00898. The molecule has 0 spiro atoms. The second-order valence-electron chi connectivity index (χ2n) is 8.59. The molecule has 1 unspecified atom stereocenters. The number of halogens is 1. The Morgan fingerprint density at radius 2 is 1.76 bits per heavy atom. The van der Waals surface area contributed by atoms with Crippen LogP contribution >= 0.6 is 0 Å². The third-order valence-corrected chi connectivity index (χ3v) is 7.64. The van der Waals surface area contributed by atoms with Gasteiger partial charge in [0.1, 0.15) is 11.9 Å². The first-order chi connectivity index (χ1) is 15.7. The van der Waals surface area contributed by atoms with Crippen LogP contribution in [0.4, 0.5) is 4.39 Å². The van der Waals surface area contributed by atoms with E-state index in [9.17, 15) is 22.4 Å². The Kier molecular flexibility index (Phi) is 8.20. The van der Waals surface area contributed by atoms with Crippen LogP contribution in [-0.2, 0) is 26.2 Å². The van der Waals surface area contributed by atoms with Gasteiger partial charge in [0.15, 0.2) is 0 Å². The van der Waals surface area contributed by atoms with Crippen LogP contribution in [0.15, 0.2) is 59.5 Å². The van der Waals surface area contributed by atoms with Crippen LogP contribution in [0.3, 0.4) is 0 Å². The third-order valence-electron chi connectivity index (χ3n) is 5.76. The second-order valence-corrected chi connectivity index (χ2v) is 10.5. The third kappa shape index (κ3) is 6.39. The molecule has 0 aromatic heterocycles. The summed E-state index contributed by atoms with van der Waals surface area (Å²) < 4.78 is 40.3. The Balaban J connectivity index is 1.63. The number of nitrogens with one attached hydrogen (secondary N) is 2. The fraction of sp³-hybridized carbons (Fsp3) is 0.417. The van der Waals surface area contributed by atoms with Gasteiger partial charge in [-0.2, -0.15) is 4.31 Å². The molecule has 2 amide bonds. The highest BCUT2D eigenvalue weighted by atomic mass is 32.2. The Morgan fingerprint density at radius 3 is 2.39 bits per heavy atom. The maximum absolute atomic E-state index is 13.2. The van der Waals surface area contributed by atoms with Crippen molar-refractivity contribution in [3.05, 3.63) is 66.0 Å². The van der Waals surface area contributed by atoms with E-state index in [1.54, 1.807) is 0 Å². The summed E-state index contributed by atoms with van der Waals surface area (Å²) in [6.45, 7) is 4.35. The number of nitrogens with zero attached hydrogens (tertiary/aromatic N) is 1. The fourth-order valence-corrected chi connectivity index (χ4v) is 5.36. The molecule has 2 aromatic rings. The minimum Gasteiger partial charge on any atom is -0.350 e. The molecule has 7 nitrogen and oxygen atoms in total. The molecule has 2 atom stereocenters. The SMILES string of the molecule is CC(C)[C@H](NC(=O)C1CCCN(S(=O)(=O)c2ccc(F)cc2)C1)C(=O)NCc1ccccc1. The van der Waals surface area contributed by atoms with Crippen molar-refractivity contribution in [2.24, 2.45) is 11.8 Å². The van der Waals surface area contributed by atoms with Crippen molar-refractivity contribution in [2.75, 3.05) is 13.1 Å². The van der Waals surface area contributed by atoms with Gasteiger partial charge in [0.05, 0.1) is 10.8 Å². The van der Waals surface area contributed by atoms with Crippen LogP contribution in [0.1, 0.15) is 32.3 Å². The van der Waals surface area contributed by atoms with Gasteiger partial charge >= 0.3 is 0 Å². The Labute approximate surface area is 194 Å². The monoisotopic (exact) mass is 475 g/mol. The van der Waals surface area contributed by atoms with E-state index in [0.29, 0.717) is 19.4 Å². The second kappa shape index (κ2) is 10.9. The lowest BCUT2D eigenvalue weighted by molar-refractivity contribution is -0.132. The van der Waals surface area contributed by atoms with Gasteiger partial charge in [0.2, 0.25) is 21.8 Å². The summed E-state index contributed by atoms with van der Waals surface area (Å²) in [5.41, 5.74) is 0.952. The molecule has 2 N–H and O–H groups in total. The van der Waals surface area contributed by atoms with Crippen LogP contribution in [0, 0.1) is 17.7 Å².